The fraction of sp³-hybridized carbons (Fsp3) is 0.476. The number of ether oxygens (including phenoxy) is 2. The van der Waals surface area contributed by atoms with E-state index < -0.39 is 17.6 Å². The Labute approximate surface area is 178 Å². The molecule has 1 aliphatic carbocycles. The maximum absolute atomic E-state index is 13.3. The summed E-state index contributed by atoms with van der Waals surface area (Å²) >= 11 is 5.59. The summed E-state index contributed by atoms with van der Waals surface area (Å²) in [4.78, 5) is 36.5. The fourth-order valence-electron chi connectivity index (χ4n) is 3.72. The molecule has 3 rings (SSSR count). The van der Waals surface area contributed by atoms with E-state index in [0.717, 1.165) is 18.9 Å². The summed E-state index contributed by atoms with van der Waals surface area (Å²) in [5.41, 5.74) is 0.438. The van der Waals surface area contributed by atoms with Gasteiger partial charge in [-0.05, 0) is 25.0 Å². The van der Waals surface area contributed by atoms with Gasteiger partial charge in [-0.3, -0.25) is 14.4 Å². The van der Waals surface area contributed by atoms with Crippen LogP contribution < -0.4 is 15.4 Å². The van der Waals surface area contributed by atoms with Gasteiger partial charge in [0.15, 0.2) is 6.61 Å². The minimum Gasteiger partial charge on any atom is -0.484 e. The lowest BCUT2D eigenvalue weighted by molar-refractivity contribution is -0.133. The molecule has 3 unspecified atom stereocenters. The van der Waals surface area contributed by atoms with Crippen LogP contribution in [0.4, 0.5) is 4.39 Å². The lowest BCUT2D eigenvalue weighted by Crippen LogP contribution is -2.41. The number of ketones is 1. The van der Waals surface area contributed by atoms with Gasteiger partial charge in [0.2, 0.25) is 5.91 Å². The first kappa shape index (κ1) is 22.2. The van der Waals surface area contributed by atoms with Crippen LogP contribution in [0.15, 0.2) is 30.5 Å². The van der Waals surface area contributed by atoms with E-state index in [0.29, 0.717) is 18.5 Å². The van der Waals surface area contributed by atoms with Crippen LogP contribution >= 0.6 is 11.6 Å². The molecule has 30 heavy (non-hydrogen) atoms. The summed E-state index contributed by atoms with van der Waals surface area (Å²) in [5, 5.41) is 5.32. The monoisotopic (exact) mass is 438 g/mol. The molecular formula is C21H24ClFN2O5. The van der Waals surface area contributed by atoms with Crippen LogP contribution in [0.3, 0.4) is 0 Å². The summed E-state index contributed by atoms with van der Waals surface area (Å²) in [6.07, 6.45) is 2.26. The van der Waals surface area contributed by atoms with E-state index in [2.05, 4.69) is 17.2 Å². The quantitative estimate of drug-likeness (QED) is 0.650. The van der Waals surface area contributed by atoms with E-state index in [1.807, 2.05) is 0 Å². The smallest absolute Gasteiger partial charge is 0.257 e. The van der Waals surface area contributed by atoms with Crippen molar-refractivity contribution in [3.05, 3.63) is 41.3 Å². The second-order valence-electron chi connectivity index (χ2n) is 7.42. The molecule has 1 heterocycles. The van der Waals surface area contributed by atoms with Gasteiger partial charge in [-0.25, -0.2) is 4.39 Å². The highest BCUT2D eigenvalue weighted by atomic mass is 35.5. The molecule has 9 heteroatoms. The predicted molar refractivity (Wildman–Crippen MR) is 107 cm³/mol. The number of Topliss-reactive ketones (excluding diaryl/α,β-unsaturated/α-hetero) is 1. The number of nitrogens with one attached hydrogen (secondary N) is 2. The molecule has 1 aromatic carbocycles. The van der Waals surface area contributed by atoms with Crippen molar-refractivity contribution in [1.29, 1.82) is 0 Å². The minimum atomic E-state index is -0.629. The van der Waals surface area contributed by atoms with E-state index in [1.54, 1.807) is 0 Å². The molecule has 1 aliphatic heterocycles. The van der Waals surface area contributed by atoms with Crippen molar-refractivity contribution >= 4 is 29.2 Å². The van der Waals surface area contributed by atoms with Gasteiger partial charge in [-0.1, -0.05) is 18.2 Å². The van der Waals surface area contributed by atoms with Crippen LogP contribution in [0.2, 0.25) is 5.02 Å². The van der Waals surface area contributed by atoms with Crippen LogP contribution in [-0.2, 0) is 19.1 Å². The second-order valence-corrected chi connectivity index (χ2v) is 7.83. The van der Waals surface area contributed by atoms with Crippen molar-refractivity contribution < 1.29 is 28.2 Å². The number of rotatable bonds is 8. The SMILES string of the molecule is C=C(CCNC(=O)COc1ccc(Cl)c(F)c1)NC(=O)C1COC2CCCC(=O)C21. The zero-order valence-corrected chi connectivity index (χ0v) is 17.2. The average molecular weight is 439 g/mol. The number of carbonyl (C=O) groups is 3. The maximum atomic E-state index is 13.3. The van der Waals surface area contributed by atoms with Gasteiger partial charge in [-0.2, -0.15) is 0 Å². The topological polar surface area (TPSA) is 93.7 Å². The zero-order chi connectivity index (χ0) is 21.7. The summed E-state index contributed by atoms with van der Waals surface area (Å²) in [6.45, 7) is 3.99. The fourth-order valence-corrected chi connectivity index (χ4v) is 3.84. The van der Waals surface area contributed by atoms with Gasteiger partial charge < -0.3 is 20.1 Å². The molecule has 1 aromatic rings. The third kappa shape index (κ3) is 5.58. The van der Waals surface area contributed by atoms with Crippen LogP contribution in [0.1, 0.15) is 25.7 Å². The molecule has 2 amide bonds. The largest absolute Gasteiger partial charge is 0.484 e. The van der Waals surface area contributed by atoms with Gasteiger partial charge in [0.1, 0.15) is 17.3 Å². The highest BCUT2D eigenvalue weighted by Crippen LogP contribution is 2.36. The lowest BCUT2D eigenvalue weighted by Gasteiger charge is -2.25. The number of fused-ring (bicyclic) bond motifs is 1. The Bertz CT molecular complexity index is 847. The van der Waals surface area contributed by atoms with Gasteiger partial charge >= 0.3 is 0 Å². The van der Waals surface area contributed by atoms with Crippen molar-refractivity contribution in [2.24, 2.45) is 11.8 Å². The van der Waals surface area contributed by atoms with Crippen molar-refractivity contribution in [2.75, 3.05) is 19.8 Å². The zero-order valence-electron chi connectivity index (χ0n) is 16.4. The third-order valence-corrected chi connectivity index (χ3v) is 5.56. The summed E-state index contributed by atoms with van der Waals surface area (Å²) in [7, 11) is 0. The van der Waals surface area contributed by atoms with E-state index in [4.69, 9.17) is 21.1 Å². The van der Waals surface area contributed by atoms with E-state index >= 15 is 0 Å². The van der Waals surface area contributed by atoms with Crippen LogP contribution in [0, 0.1) is 17.7 Å². The van der Waals surface area contributed by atoms with E-state index in [9.17, 15) is 18.8 Å². The molecule has 7 nitrogen and oxygen atoms in total. The first-order valence-electron chi connectivity index (χ1n) is 9.82. The highest BCUT2D eigenvalue weighted by molar-refractivity contribution is 6.30. The molecule has 162 valence electrons. The molecule has 3 atom stereocenters. The number of halogens is 2. The number of carbonyl (C=O) groups excluding carboxylic acids is 3. The molecule has 2 aliphatic rings. The van der Waals surface area contributed by atoms with Crippen molar-refractivity contribution in [3.8, 4) is 5.75 Å². The van der Waals surface area contributed by atoms with Crippen molar-refractivity contribution in [1.82, 2.24) is 10.6 Å². The van der Waals surface area contributed by atoms with Crippen LogP contribution in [-0.4, -0.2) is 43.5 Å². The second kappa shape index (κ2) is 10.0. The Balaban J connectivity index is 1.36. The maximum Gasteiger partial charge on any atom is 0.257 e. The molecule has 0 spiro atoms. The number of amides is 2. The first-order chi connectivity index (χ1) is 14.3. The predicted octanol–water partition coefficient (Wildman–Crippen LogP) is 2.38. The molecule has 1 saturated carbocycles. The molecule has 0 bridgehead atoms. The Morgan fingerprint density at radius 3 is 2.93 bits per heavy atom. The Kier molecular flexibility index (Phi) is 7.44. The Morgan fingerprint density at radius 2 is 2.17 bits per heavy atom. The van der Waals surface area contributed by atoms with Crippen LogP contribution in [0.25, 0.3) is 0 Å². The summed E-state index contributed by atoms with van der Waals surface area (Å²) in [6, 6.07) is 3.90. The number of hydrogen-bond acceptors (Lipinski definition) is 5. The van der Waals surface area contributed by atoms with Crippen molar-refractivity contribution in [2.45, 2.75) is 31.8 Å². The van der Waals surface area contributed by atoms with Crippen molar-refractivity contribution in [3.63, 3.8) is 0 Å². The molecule has 2 fully saturated rings. The number of hydrogen-bond donors (Lipinski definition) is 2. The van der Waals surface area contributed by atoms with Gasteiger partial charge in [0.25, 0.3) is 5.91 Å². The number of benzene rings is 1. The summed E-state index contributed by atoms with van der Waals surface area (Å²) < 4.78 is 24.2. The average Bonchev–Trinajstić information content (AvgIpc) is 3.14. The normalized spacial score (nSPS) is 22.9. The van der Waals surface area contributed by atoms with Gasteiger partial charge in [0, 0.05) is 31.1 Å². The lowest BCUT2D eigenvalue weighted by atomic mass is 9.79. The molecule has 0 radical (unpaired) electrons. The summed E-state index contributed by atoms with van der Waals surface area (Å²) in [5.74, 6) is -1.90. The molecular weight excluding hydrogens is 415 g/mol. The van der Waals surface area contributed by atoms with Crippen LogP contribution in [0.5, 0.6) is 5.75 Å². The van der Waals surface area contributed by atoms with Gasteiger partial charge in [0.05, 0.1) is 29.6 Å². The van der Waals surface area contributed by atoms with E-state index in [1.165, 1.54) is 12.1 Å². The first-order valence-corrected chi connectivity index (χ1v) is 10.2. The Morgan fingerprint density at radius 1 is 1.37 bits per heavy atom. The minimum absolute atomic E-state index is 0.0279. The van der Waals surface area contributed by atoms with E-state index in [-0.39, 0.29) is 54.2 Å². The highest BCUT2D eigenvalue weighted by Gasteiger charge is 2.46. The molecule has 1 saturated heterocycles. The third-order valence-electron chi connectivity index (χ3n) is 5.25. The standard InChI is InChI=1S/C21H24ClFN2O5/c1-12(25-21(28)14-10-30-18-4-2-3-17(26)20(14)18)7-8-24-19(27)11-29-13-5-6-15(22)16(23)9-13/h5-6,9,14,18,20H,1-4,7-8,10-11H2,(H,24,27)(H,25,28). The van der Waals surface area contributed by atoms with Gasteiger partial charge in [-0.15, -0.1) is 0 Å². The molecule has 2 N–H and O–H groups in total. The Hall–Kier alpha value is -2.45. The molecule has 0 aromatic heterocycles.